The van der Waals surface area contributed by atoms with Crippen LogP contribution in [0.2, 0.25) is 0 Å². The van der Waals surface area contributed by atoms with Gasteiger partial charge >= 0.3 is 29.8 Å². The van der Waals surface area contributed by atoms with Gasteiger partial charge < -0.3 is 63.8 Å². The number of carbonyl (C=O) groups is 7. The number of anilines is 2. The van der Waals surface area contributed by atoms with Gasteiger partial charge in [0.25, 0.3) is 12.9 Å². The minimum atomic E-state index is -1.58. The minimum Gasteiger partial charge on any atom is -0.507 e. The monoisotopic (exact) mass is 818 g/mol. The molecule has 0 saturated heterocycles. The molecule has 1 aliphatic carbocycles. The Kier molecular flexibility index (Phi) is 12.8. The highest BCUT2D eigenvalue weighted by Gasteiger charge is 2.28. The van der Waals surface area contributed by atoms with E-state index in [1.54, 1.807) is 0 Å². The van der Waals surface area contributed by atoms with Gasteiger partial charge in [-0.25, -0.2) is 4.79 Å². The summed E-state index contributed by atoms with van der Waals surface area (Å²) in [6.45, 7) is -4.06. The van der Waals surface area contributed by atoms with Gasteiger partial charge in [-0.3, -0.25) is 33.6 Å². The Morgan fingerprint density at radius 2 is 1.17 bits per heavy atom. The molecule has 0 bridgehead atoms. The second-order valence-corrected chi connectivity index (χ2v) is 12.1. The largest absolute Gasteiger partial charge is 0.507 e. The number of benzene rings is 4. The molecule has 0 atom stereocenters. The molecular formula is C38H30N2O19. The van der Waals surface area contributed by atoms with Gasteiger partial charge in [0.2, 0.25) is 5.43 Å². The van der Waals surface area contributed by atoms with Gasteiger partial charge in [0, 0.05) is 40.3 Å². The van der Waals surface area contributed by atoms with Crippen molar-refractivity contribution in [2.45, 2.75) is 0 Å². The number of nitrogens with zero attached hydrogens (tertiary/aromatic N) is 2. The summed E-state index contributed by atoms with van der Waals surface area (Å²) in [6, 6.07) is 12.1. The number of aliphatic carboxylic acids is 4. The first kappa shape index (κ1) is 41.8. The SMILES string of the molecule is O=COc1cc(N(CC(=O)O)CC(=O)O)c(OCCOc2ccccc2N(CC(=O)O)CC(=O)O)cc1-c1c2cc(OC=O)c(=O)cc-2oc2cc(O)c(C(=O)O)cc12. The molecule has 306 valence electrons. The number of para-hydroxylation sites is 2. The van der Waals surface area contributed by atoms with Crippen LogP contribution in [0, 0.1) is 0 Å². The van der Waals surface area contributed by atoms with Crippen molar-refractivity contribution in [2.24, 2.45) is 0 Å². The van der Waals surface area contributed by atoms with E-state index in [1.807, 2.05) is 0 Å². The van der Waals surface area contributed by atoms with Crippen LogP contribution in [-0.2, 0) is 28.8 Å². The molecule has 21 nitrogen and oxygen atoms in total. The molecule has 0 unspecified atom stereocenters. The summed E-state index contributed by atoms with van der Waals surface area (Å²) in [5.41, 5.74) is -2.08. The summed E-state index contributed by atoms with van der Waals surface area (Å²) < 4.78 is 27.9. The Morgan fingerprint density at radius 3 is 1.75 bits per heavy atom. The number of rotatable bonds is 21. The first-order valence-corrected chi connectivity index (χ1v) is 16.7. The smallest absolute Gasteiger partial charge is 0.339 e. The van der Waals surface area contributed by atoms with Crippen molar-refractivity contribution in [2.75, 3.05) is 49.2 Å². The van der Waals surface area contributed by atoms with E-state index >= 15 is 0 Å². The summed E-state index contributed by atoms with van der Waals surface area (Å²) in [5, 5.41) is 58.4. The van der Waals surface area contributed by atoms with Gasteiger partial charge in [-0.2, -0.15) is 0 Å². The highest BCUT2D eigenvalue weighted by atomic mass is 16.5. The highest BCUT2D eigenvalue weighted by molar-refractivity contribution is 6.07. The average molecular weight is 819 g/mol. The molecule has 5 rings (SSSR count). The molecule has 3 aromatic rings. The normalized spacial score (nSPS) is 10.7. The predicted octanol–water partition coefficient (Wildman–Crippen LogP) is 2.45. The Hall–Kier alpha value is -8.36. The van der Waals surface area contributed by atoms with E-state index in [-0.39, 0.29) is 75.8 Å². The van der Waals surface area contributed by atoms with Gasteiger partial charge in [-0.1, -0.05) is 12.1 Å². The molecule has 0 saturated carbocycles. The first-order chi connectivity index (χ1) is 28.1. The van der Waals surface area contributed by atoms with Gasteiger partial charge in [-0.05, 0) is 30.3 Å². The minimum absolute atomic E-state index is 0.0198. The van der Waals surface area contributed by atoms with E-state index in [4.69, 9.17) is 23.4 Å². The first-order valence-electron chi connectivity index (χ1n) is 16.7. The highest BCUT2D eigenvalue weighted by Crippen LogP contribution is 2.48. The van der Waals surface area contributed by atoms with E-state index in [0.29, 0.717) is 0 Å². The quantitative estimate of drug-likeness (QED) is 0.0352. The lowest BCUT2D eigenvalue weighted by molar-refractivity contribution is -0.138. The van der Waals surface area contributed by atoms with Crippen LogP contribution in [0.5, 0.6) is 28.7 Å². The maximum atomic E-state index is 12.8. The number of phenols is 1. The van der Waals surface area contributed by atoms with Crippen molar-refractivity contribution in [1.29, 1.82) is 0 Å². The molecule has 59 heavy (non-hydrogen) atoms. The molecule has 0 radical (unpaired) electrons. The van der Waals surface area contributed by atoms with Crippen molar-refractivity contribution in [3.8, 4) is 51.2 Å². The predicted molar refractivity (Wildman–Crippen MR) is 199 cm³/mol. The number of hydrogen-bond donors (Lipinski definition) is 6. The molecule has 3 aromatic carbocycles. The third kappa shape index (κ3) is 9.72. The number of fused-ring (bicyclic) bond motifs is 2. The maximum Gasteiger partial charge on any atom is 0.339 e. The number of aromatic hydroxyl groups is 1. The molecule has 0 aromatic heterocycles. The lowest BCUT2D eigenvalue weighted by atomic mass is 9.91. The van der Waals surface area contributed by atoms with Crippen molar-refractivity contribution in [1.82, 2.24) is 0 Å². The Labute approximate surface area is 329 Å². The second kappa shape index (κ2) is 18.1. The number of ether oxygens (including phenoxy) is 4. The van der Waals surface area contributed by atoms with Gasteiger partial charge in [-0.15, -0.1) is 0 Å². The topological polar surface area (TPSA) is 314 Å². The van der Waals surface area contributed by atoms with E-state index in [1.165, 1.54) is 30.3 Å². The maximum absolute atomic E-state index is 12.8. The van der Waals surface area contributed by atoms with E-state index < -0.39 is 90.9 Å². The standard InChI is InChI=1S/C38H30N2O19/c41-17-57-28-10-24(40(15-35(49)50)16-36(51)52)31(56-6-5-55-27-4-2-1-3-23(27)39(13-33(45)46)14-34(47)48)8-21(28)37-20-7-19(38(53)54)25(43)11-29(20)59-30-12-26(44)32(58-18-42)9-22(30)37/h1-4,7-12,17-18,43H,5-6,13-16H2,(H,45,46)(H,47,48)(H,49,50)(H,51,52)(H,53,54). The molecule has 1 heterocycles. The number of carbonyl (C=O) groups excluding carboxylic acids is 2. The number of aromatic carboxylic acids is 1. The summed E-state index contributed by atoms with van der Waals surface area (Å²) >= 11 is 0. The average Bonchev–Trinajstić information content (AvgIpc) is 3.15. The summed E-state index contributed by atoms with van der Waals surface area (Å²) in [6.07, 6.45) is 0. The lowest BCUT2D eigenvalue weighted by Crippen LogP contribution is -2.35. The summed E-state index contributed by atoms with van der Waals surface area (Å²) in [4.78, 5) is 96.9. The van der Waals surface area contributed by atoms with Crippen LogP contribution in [0.4, 0.5) is 11.4 Å². The number of carboxylic acid groups (broad SMARTS) is 5. The zero-order valence-corrected chi connectivity index (χ0v) is 30.1. The zero-order chi connectivity index (χ0) is 43.0. The summed E-state index contributed by atoms with van der Waals surface area (Å²) in [7, 11) is 0. The van der Waals surface area contributed by atoms with Crippen molar-refractivity contribution in [3.63, 3.8) is 0 Å². The number of hydrogen-bond acceptors (Lipinski definition) is 16. The van der Waals surface area contributed by atoms with Crippen LogP contribution in [0.1, 0.15) is 10.4 Å². The Morgan fingerprint density at radius 1 is 0.627 bits per heavy atom. The number of carboxylic acids is 5. The van der Waals surface area contributed by atoms with Gasteiger partial charge in [0.05, 0.1) is 11.4 Å². The molecule has 0 spiro atoms. The molecule has 21 heteroatoms. The van der Waals surface area contributed by atoms with Crippen LogP contribution in [0.3, 0.4) is 0 Å². The van der Waals surface area contributed by atoms with Crippen molar-refractivity contribution >= 4 is 65.1 Å². The molecule has 0 amide bonds. The molecule has 6 N–H and O–H groups in total. The van der Waals surface area contributed by atoms with E-state index in [2.05, 4.69) is 0 Å². The Balaban J connectivity index is 1.72. The fraction of sp³-hybridized carbons (Fsp3) is 0.158. The lowest BCUT2D eigenvalue weighted by Gasteiger charge is -2.26. The fourth-order valence-corrected chi connectivity index (χ4v) is 6.04. The van der Waals surface area contributed by atoms with Crippen LogP contribution >= 0.6 is 0 Å². The van der Waals surface area contributed by atoms with Crippen LogP contribution in [0.25, 0.3) is 33.4 Å². The third-order valence-corrected chi connectivity index (χ3v) is 8.26. The third-order valence-electron chi connectivity index (χ3n) is 8.26. The van der Waals surface area contributed by atoms with E-state index in [9.17, 15) is 69.0 Å². The zero-order valence-electron chi connectivity index (χ0n) is 30.1. The molecule has 0 fully saturated rings. The van der Waals surface area contributed by atoms with Gasteiger partial charge in [0.15, 0.2) is 5.75 Å². The van der Waals surface area contributed by atoms with Crippen LogP contribution in [0.15, 0.2) is 69.9 Å². The fourth-order valence-electron chi connectivity index (χ4n) is 6.04. The van der Waals surface area contributed by atoms with Crippen LogP contribution in [-0.4, -0.2) is 113 Å². The van der Waals surface area contributed by atoms with Crippen molar-refractivity contribution in [3.05, 3.63) is 76.5 Å². The van der Waals surface area contributed by atoms with E-state index in [0.717, 1.165) is 40.1 Å². The molecule has 2 aliphatic rings. The van der Waals surface area contributed by atoms with Gasteiger partial charge in [0.1, 0.15) is 79.3 Å². The second-order valence-electron chi connectivity index (χ2n) is 12.1. The molecule has 1 aliphatic heterocycles. The summed E-state index contributed by atoms with van der Waals surface area (Å²) in [5.74, 6) is -9.27. The molecular weight excluding hydrogens is 788 g/mol. The van der Waals surface area contributed by atoms with Crippen LogP contribution < -0.4 is 34.2 Å². The Bertz CT molecular complexity index is 2480. The van der Waals surface area contributed by atoms with Crippen molar-refractivity contribution < 1.29 is 87.6 Å².